The molecular formula is C24H26N4OS. The predicted octanol–water partition coefficient (Wildman–Crippen LogP) is 4.28. The first kappa shape index (κ1) is 19.4. The van der Waals surface area contributed by atoms with Crippen LogP contribution in [0.2, 0.25) is 0 Å². The molecule has 1 saturated heterocycles. The number of aryl methyl sites for hydroxylation is 1. The number of nitrogens with zero attached hydrogens (tertiary/aromatic N) is 4. The van der Waals surface area contributed by atoms with Gasteiger partial charge in [-0.05, 0) is 55.3 Å². The Morgan fingerprint density at radius 2 is 1.83 bits per heavy atom. The van der Waals surface area contributed by atoms with E-state index < -0.39 is 0 Å². The molecule has 5 rings (SSSR count). The van der Waals surface area contributed by atoms with E-state index in [4.69, 9.17) is 9.97 Å². The molecule has 0 saturated carbocycles. The van der Waals surface area contributed by atoms with Gasteiger partial charge in [-0.1, -0.05) is 19.1 Å². The standard InChI is InChI=1S/C24H26N4OS/c1-2-11-27-12-14-28(15-13-27)23-10-7-17-16-18(21(29)9-8-19(17)25-23)24-26-20-5-3-4-6-22(20)30-24/h3-7,10,16H,2,8-9,11-15H2,1H3. The lowest BCUT2D eigenvalue weighted by Crippen LogP contribution is -2.46. The maximum absolute atomic E-state index is 12.9. The fourth-order valence-electron chi connectivity index (χ4n) is 4.30. The average molecular weight is 419 g/mol. The summed E-state index contributed by atoms with van der Waals surface area (Å²) in [6, 6.07) is 12.3. The minimum absolute atomic E-state index is 0.154. The summed E-state index contributed by atoms with van der Waals surface area (Å²) in [4.78, 5) is 27.5. The number of carbonyl (C=O) groups excluding carboxylic acids is 1. The van der Waals surface area contributed by atoms with Crippen LogP contribution in [0.25, 0.3) is 21.9 Å². The van der Waals surface area contributed by atoms with Gasteiger partial charge in [0, 0.05) is 32.6 Å². The first-order chi connectivity index (χ1) is 14.7. The van der Waals surface area contributed by atoms with Gasteiger partial charge in [-0.3, -0.25) is 9.69 Å². The maximum Gasteiger partial charge on any atom is 0.166 e. The zero-order chi connectivity index (χ0) is 20.5. The summed E-state index contributed by atoms with van der Waals surface area (Å²) in [6.07, 6.45) is 4.37. The molecule has 3 aromatic rings. The Hall–Kier alpha value is -2.57. The smallest absolute Gasteiger partial charge is 0.166 e. The summed E-state index contributed by atoms with van der Waals surface area (Å²) < 4.78 is 1.11. The average Bonchev–Trinajstić information content (AvgIpc) is 3.13. The highest BCUT2D eigenvalue weighted by Gasteiger charge is 2.23. The fraction of sp³-hybridized carbons (Fsp3) is 0.375. The molecule has 0 spiro atoms. The highest BCUT2D eigenvalue weighted by atomic mass is 32.1. The molecule has 0 bridgehead atoms. The fourth-order valence-corrected chi connectivity index (χ4v) is 5.30. The minimum atomic E-state index is 0.154. The molecule has 3 heterocycles. The van der Waals surface area contributed by atoms with Gasteiger partial charge in [0.2, 0.25) is 0 Å². The van der Waals surface area contributed by atoms with E-state index in [0.29, 0.717) is 12.8 Å². The largest absolute Gasteiger partial charge is 0.354 e. The van der Waals surface area contributed by atoms with Gasteiger partial charge in [0.15, 0.2) is 5.78 Å². The molecule has 0 amide bonds. The Balaban J connectivity index is 1.42. The number of piperazine rings is 1. The highest BCUT2D eigenvalue weighted by Crippen LogP contribution is 2.32. The summed E-state index contributed by atoms with van der Waals surface area (Å²) in [7, 11) is 0. The van der Waals surface area contributed by atoms with Crippen LogP contribution in [0.5, 0.6) is 0 Å². The van der Waals surface area contributed by atoms with Crippen molar-refractivity contribution in [1.29, 1.82) is 0 Å². The Morgan fingerprint density at radius 3 is 2.63 bits per heavy atom. The number of hydrogen-bond acceptors (Lipinski definition) is 6. The van der Waals surface area contributed by atoms with Crippen molar-refractivity contribution < 1.29 is 4.79 Å². The monoisotopic (exact) mass is 418 g/mol. The van der Waals surface area contributed by atoms with Crippen LogP contribution >= 0.6 is 11.3 Å². The molecule has 0 N–H and O–H groups in total. The molecule has 5 nitrogen and oxygen atoms in total. The third-order valence-corrected chi connectivity index (χ3v) is 7.01. The molecular weight excluding hydrogens is 392 g/mol. The van der Waals surface area contributed by atoms with Crippen LogP contribution in [0.1, 0.15) is 36.0 Å². The predicted molar refractivity (Wildman–Crippen MR) is 124 cm³/mol. The number of fused-ring (bicyclic) bond motifs is 2. The number of aromatic nitrogens is 2. The summed E-state index contributed by atoms with van der Waals surface area (Å²) >= 11 is 1.59. The first-order valence-electron chi connectivity index (χ1n) is 10.8. The lowest BCUT2D eigenvalue weighted by Gasteiger charge is -2.35. The lowest BCUT2D eigenvalue weighted by molar-refractivity contribution is -0.113. The SMILES string of the molecule is CCCN1CCN(c2ccc3c(n2)CCC(=O)C(c2nc4ccccc4s2)=C3)CC1. The normalized spacial score (nSPS) is 17.7. The van der Waals surface area contributed by atoms with E-state index in [0.717, 1.165) is 64.1 Å². The summed E-state index contributed by atoms with van der Waals surface area (Å²) in [5.74, 6) is 1.19. The van der Waals surface area contributed by atoms with E-state index in [-0.39, 0.29) is 5.78 Å². The number of para-hydroxylation sites is 1. The third-order valence-electron chi connectivity index (χ3n) is 5.94. The number of allylic oxidation sites excluding steroid dienone is 1. The van der Waals surface area contributed by atoms with E-state index in [1.165, 1.54) is 13.0 Å². The van der Waals surface area contributed by atoms with Crippen LogP contribution in [-0.2, 0) is 11.2 Å². The molecule has 2 aliphatic rings. The molecule has 30 heavy (non-hydrogen) atoms. The van der Waals surface area contributed by atoms with Crippen LogP contribution in [0.15, 0.2) is 36.4 Å². The van der Waals surface area contributed by atoms with E-state index in [1.807, 2.05) is 24.3 Å². The van der Waals surface area contributed by atoms with Crippen LogP contribution < -0.4 is 4.90 Å². The Kier molecular flexibility index (Phi) is 5.35. The number of ketones is 1. The number of thiazole rings is 1. The van der Waals surface area contributed by atoms with Crippen LogP contribution in [0.4, 0.5) is 5.82 Å². The van der Waals surface area contributed by atoms with Crippen LogP contribution in [0.3, 0.4) is 0 Å². The molecule has 1 aliphatic heterocycles. The molecule has 6 heteroatoms. The molecule has 0 unspecified atom stereocenters. The number of benzene rings is 1. The molecule has 1 aliphatic carbocycles. The molecule has 1 fully saturated rings. The lowest BCUT2D eigenvalue weighted by atomic mass is 10.1. The molecule has 154 valence electrons. The molecule has 1 aromatic carbocycles. The summed E-state index contributed by atoms with van der Waals surface area (Å²) in [5.41, 5.74) is 3.74. The molecule has 0 radical (unpaired) electrons. The first-order valence-corrected chi connectivity index (χ1v) is 11.6. The van der Waals surface area contributed by atoms with Crippen molar-refractivity contribution in [2.75, 3.05) is 37.6 Å². The van der Waals surface area contributed by atoms with Gasteiger partial charge in [0.1, 0.15) is 10.8 Å². The van der Waals surface area contributed by atoms with E-state index >= 15 is 0 Å². The Morgan fingerprint density at radius 1 is 1.00 bits per heavy atom. The number of hydrogen-bond donors (Lipinski definition) is 0. The second-order valence-electron chi connectivity index (χ2n) is 8.00. The number of rotatable bonds is 4. The van der Waals surface area contributed by atoms with Crippen LogP contribution in [0, 0.1) is 0 Å². The zero-order valence-corrected chi connectivity index (χ0v) is 18.1. The Labute approximate surface area is 181 Å². The van der Waals surface area contributed by atoms with E-state index in [1.54, 1.807) is 11.3 Å². The van der Waals surface area contributed by atoms with E-state index in [2.05, 4.69) is 34.9 Å². The van der Waals surface area contributed by atoms with Gasteiger partial charge in [0.05, 0.1) is 21.5 Å². The van der Waals surface area contributed by atoms with Crippen molar-refractivity contribution in [2.45, 2.75) is 26.2 Å². The van der Waals surface area contributed by atoms with Crippen molar-refractivity contribution in [3.8, 4) is 0 Å². The van der Waals surface area contributed by atoms with E-state index in [9.17, 15) is 4.79 Å². The van der Waals surface area contributed by atoms with Crippen molar-refractivity contribution in [1.82, 2.24) is 14.9 Å². The van der Waals surface area contributed by atoms with Gasteiger partial charge in [0.25, 0.3) is 0 Å². The van der Waals surface area contributed by atoms with Crippen LogP contribution in [-0.4, -0.2) is 53.4 Å². The van der Waals surface area contributed by atoms with Crippen molar-refractivity contribution in [3.05, 3.63) is 52.7 Å². The number of pyridine rings is 1. The number of carbonyl (C=O) groups is 1. The van der Waals surface area contributed by atoms with Gasteiger partial charge < -0.3 is 4.90 Å². The van der Waals surface area contributed by atoms with Gasteiger partial charge in [-0.15, -0.1) is 11.3 Å². The van der Waals surface area contributed by atoms with Crippen molar-refractivity contribution >= 4 is 44.8 Å². The maximum atomic E-state index is 12.9. The van der Waals surface area contributed by atoms with Gasteiger partial charge >= 0.3 is 0 Å². The van der Waals surface area contributed by atoms with Crippen molar-refractivity contribution in [3.63, 3.8) is 0 Å². The van der Waals surface area contributed by atoms with Gasteiger partial charge in [-0.2, -0.15) is 0 Å². The zero-order valence-electron chi connectivity index (χ0n) is 17.3. The summed E-state index contributed by atoms with van der Waals surface area (Å²) in [5, 5.41) is 0.810. The second-order valence-corrected chi connectivity index (χ2v) is 9.03. The third kappa shape index (κ3) is 3.77. The Bertz CT molecular complexity index is 1080. The minimum Gasteiger partial charge on any atom is -0.354 e. The summed E-state index contributed by atoms with van der Waals surface area (Å²) in [6.45, 7) is 7.61. The van der Waals surface area contributed by atoms with Crippen molar-refractivity contribution in [2.24, 2.45) is 0 Å². The number of anilines is 1. The molecule has 0 atom stereocenters. The molecule has 2 aromatic heterocycles. The highest BCUT2D eigenvalue weighted by molar-refractivity contribution is 7.19. The van der Waals surface area contributed by atoms with Gasteiger partial charge in [-0.25, -0.2) is 9.97 Å². The second kappa shape index (κ2) is 8.28. The number of Topliss-reactive ketones (excluding diaryl/α,β-unsaturated/α-hetero) is 1. The topological polar surface area (TPSA) is 49.3 Å². The quantitative estimate of drug-likeness (QED) is 0.633.